The van der Waals surface area contributed by atoms with Gasteiger partial charge >= 0.3 is 0 Å². The molecule has 1 saturated heterocycles. The monoisotopic (exact) mass is 274 g/mol. The number of hydrogen-bond donors (Lipinski definition) is 2. The van der Waals surface area contributed by atoms with Gasteiger partial charge in [-0.1, -0.05) is 6.07 Å². The first-order valence-electron chi connectivity index (χ1n) is 5.68. The topological polar surface area (TPSA) is 58.2 Å². The van der Waals surface area contributed by atoms with E-state index in [4.69, 9.17) is 0 Å². The summed E-state index contributed by atoms with van der Waals surface area (Å²) in [4.78, 5) is -0.886. The second-order valence-corrected chi connectivity index (χ2v) is 6.33. The minimum atomic E-state index is -4.13. The highest BCUT2D eigenvalue weighted by Gasteiger charge is 2.54. The molecule has 98 valence electrons. The molecule has 18 heavy (non-hydrogen) atoms. The maximum absolute atomic E-state index is 13.4. The van der Waals surface area contributed by atoms with E-state index in [1.165, 1.54) is 0 Å². The van der Waals surface area contributed by atoms with E-state index in [0.717, 1.165) is 31.3 Å². The van der Waals surface area contributed by atoms with Crippen LogP contribution >= 0.6 is 0 Å². The Balaban J connectivity index is 1.86. The van der Waals surface area contributed by atoms with Gasteiger partial charge in [0.25, 0.3) is 0 Å². The predicted octanol–water partition coefficient (Wildman–Crippen LogP) is 0.461. The third-order valence-electron chi connectivity index (χ3n) is 3.57. The summed E-state index contributed by atoms with van der Waals surface area (Å²) in [5.74, 6) is -1.64. The molecule has 0 aromatic heterocycles. The maximum atomic E-state index is 13.4. The maximum Gasteiger partial charge on any atom is 0.246 e. The Labute approximate surface area is 103 Å². The molecular weight excluding hydrogens is 262 g/mol. The Bertz CT molecular complexity index is 560. The van der Waals surface area contributed by atoms with Gasteiger partial charge in [0.2, 0.25) is 10.0 Å². The molecule has 2 aliphatic rings. The molecule has 1 aliphatic heterocycles. The number of benzene rings is 1. The van der Waals surface area contributed by atoms with E-state index in [0.29, 0.717) is 0 Å². The largest absolute Gasteiger partial charge is 0.316 e. The first-order chi connectivity index (χ1) is 8.50. The molecule has 0 radical (unpaired) electrons. The van der Waals surface area contributed by atoms with Crippen LogP contribution in [0.15, 0.2) is 23.1 Å². The summed E-state index contributed by atoms with van der Waals surface area (Å²) in [7, 11) is -4.13. The fourth-order valence-electron chi connectivity index (χ4n) is 2.57. The lowest BCUT2D eigenvalue weighted by atomic mass is 10.3. The number of rotatable bonds is 3. The number of piperidine rings is 1. The number of hydrogen-bond acceptors (Lipinski definition) is 3. The van der Waals surface area contributed by atoms with Crippen LogP contribution in [0.2, 0.25) is 0 Å². The van der Waals surface area contributed by atoms with Crippen molar-refractivity contribution < 1.29 is 17.2 Å². The van der Waals surface area contributed by atoms with Gasteiger partial charge in [0.1, 0.15) is 11.6 Å². The lowest BCUT2D eigenvalue weighted by Gasteiger charge is -2.10. The molecule has 1 aromatic carbocycles. The van der Waals surface area contributed by atoms with Crippen LogP contribution in [0.4, 0.5) is 8.78 Å². The summed E-state index contributed by atoms with van der Waals surface area (Å²) in [5, 5.41) is 3.12. The van der Waals surface area contributed by atoms with Crippen molar-refractivity contribution in [2.24, 2.45) is 11.8 Å². The molecule has 1 aromatic rings. The Morgan fingerprint density at radius 1 is 1.17 bits per heavy atom. The van der Waals surface area contributed by atoms with Gasteiger partial charge in [-0.25, -0.2) is 21.9 Å². The van der Waals surface area contributed by atoms with Gasteiger partial charge in [-0.2, -0.15) is 0 Å². The molecule has 4 nitrogen and oxygen atoms in total. The van der Waals surface area contributed by atoms with E-state index in [2.05, 4.69) is 10.0 Å². The lowest BCUT2D eigenvalue weighted by Crippen LogP contribution is -2.33. The van der Waals surface area contributed by atoms with Crippen LogP contribution in [0, 0.1) is 23.5 Å². The summed E-state index contributed by atoms with van der Waals surface area (Å²) >= 11 is 0. The number of sulfonamides is 1. The Morgan fingerprint density at radius 3 is 2.28 bits per heavy atom. The van der Waals surface area contributed by atoms with Gasteiger partial charge in [0, 0.05) is 6.04 Å². The SMILES string of the molecule is O=S(=O)(NC1C2CNCC21)c1c(F)cccc1F. The fourth-order valence-corrected chi connectivity index (χ4v) is 4.05. The van der Waals surface area contributed by atoms with Crippen LogP contribution < -0.4 is 10.0 Å². The van der Waals surface area contributed by atoms with Gasteiger partial charge in [-0.15, -0.1) is 0 Å². The Hall–Kier alpha value is -1.05. The van der Waals surface area contributed by atoms with E-state index in [9.17, 15) is 17.2 Å². The molecule has 7 heteroatoms. The van der Waals surface area contributed by atoms with Crippen molar-refractivity contribution in [3.8, 4) is 0 Å². The van der Waals surface area contributed by atoms with Crippen molar-refractivity contribution in [1.82, 2.24) is 10.0 Å². The number of fused-ring (bicyclic) bond motifs is 1. The Kier molecular flexibility index (Phi) is 2.65. The first kappa shape index (κ1) is 12.0. The summed E-state index contributed by atoms with van der Waals surface area (Å²) in [6, 6.07) is 2.81. The highest BCUT2D eigenvalue weighted by molar-refractivity contribution is 7.89. The molecule has 2 fully saturated rings. The summed E-state index contributed by atoms with van der Waals surface area (Å²) in [5.41, 5.74) is 0. The summed E-state index contributed by atoms with van der Waals surface area (Å²) in [6.45, 7) is 1.50. The average molecular weight is 274 g/mol. The molecule has 1 heterocycles. The van der Waals surface area contributed by atoms with Crippen LogP contribution in [0.25, 0.3) is 0 Å². The van der Waals surface area contributed by atoms with Crippen LogP contribution in [0.1, 0.15) is 0 Å². The molecule has 2 unspecified atom stereocenters. The van der Waals surface area contributed by atoms with Crippen LogP contribution in [0.5, 0.6) is 0 Å². The van der Waals surface area contributed by atoms with Crippen molar-refractivity contribution in [2.75, 3.05) is 13.1 Å². The minimum absolute atomic E-state index is 0.199. The molecule has 1 aliphatic carbocycles. The average Bonchev–Trinajstić information content (AvgIpc) is 2.74. The molecule has 1 saturated carbocycles. The zero-order valence-corrected chi connectivity index (χ0v) is 10.2. The first-order valence-corrected chi connectivity index (χ1v) is 7.16. The smallest absolute Gasteiger partial charge is 0.246 e. The number of halogens is 2. The van der Waals surface area contributed by atoms with Gasteiger partial charge in [0.15, 0.2) is 4.90 Å². The van der Waals surface area contributed by atoms with Gasteiger partial charge in [-0.05, 0) is 37.1 Å². The van der Waals surface area contributed by atoms with Gasteiger partial charge in [-0.3, -0.25) is 0 Å². The van der Waals surface area contributed by atoms with Gasteiger partial charge in [0.05, 0.1) is 0 Å². The summed E-state index contributed by atoms with van der Waals surface area (Å²) < 4.78 is 53.1. The fraction of sp³-hybridized carbons (Fsp3) is 0.455. The third-order valence-corrected chi connectivity index (χ3v) is 5.08. The zero-order chi connectivity index (χ0) is 12.9. The molecule has 0 amide bonds. The van der Waals surface area contributed by atoms with E-state index < -0.39 is 26.6 Å². The molecule has 3 rings (SSSR count). The standard InChI is InChI=1S/C11H12F2N2O2S/c12-8-2-1-3-9(13)11(8)18(16,17)15-10-6-4-14-5-7(6)10/h1-3,6-7,10,14-15H,4-5H2. The van der Waals surface area contributed by atoms with Crippen LogP contribution in [-0.2, 0) is 10.0 Å². The quantitative estimate of drug-likeness (QED) is 0.842. The van der Waals surface area contributed by atoms with E-state index >= 15 is 0 Å². The normalized spacial score (nSPS) is 30.2. The zero-order valence-electron chi connectivity index (χ0n) is 9.36. The van der Waals surface area contributed by atoms with Crippen molar-refractivity contribution in [3.05, 3.63) is 29.8 Å². The third kappa shape index (κ3) is 1.82. The predicted molar refractivity (Wildman–Crippen MR) is 60.3 cm³/mol. The second-order valence-electron chi connectivity index (χ2n) is 4.68. The molecule has 2 N–H and O–H groups in total. The van der Waals surface area contributed by atoms with E-state index in [1.807, 2.05) is 0 Å². The van der Waals surface area contributed by atoms with Crippen LogP contribution in [-0.4, -0.2) is 27.5 Å². The van der Waals surface area contributed by atoms with Crippen molar-refractivity contribution >= 4 is 10.0 Å². The molecule has 0 spiro atoms. The van der Waals surface area contributed by atoms with Crippen molar-refractivity contribution in [1.29, 1.82) is 0 Å². The van der Waals surface area contributed by atoms with E-state index in [1.54, 1.807) is 0 Å². The number of nitrogens with one attached hydrogen (secondary N) is 2. The molecular formula is C11H12F2N2O2S. The lowest BCUT2D eigenvalue weighted by molar-refractivity contribution is 0.510. The van der Waals surface area contributed by atoms with Crippen molar-refractivity contribution in [3.63, 3.8) is 0 Å². The summed E-state index contributed by atoms with van der Waals surface area (Å²) in [6.07, 6.45) is 0. The highest BCUT2D eigenvalue weighted by Crippen LogP contribution is 2.42. The highest BCUT2D eigenvalue weighted by atomic mass is 32.2. The van der Waals surface area contributed by atoms with Crippen LogP contribution in [0.3, 0.4) is 0 Å². The minimum Gasteiger partial charge on any atom is -0.316 e. The second kappa shape index (κ2) is 3.97. The van der Waals surface area contributed by atoms with E-state index in [-0.39, 0.29) is 17.9 Å². The van der Waals surface area contributed by atoms with Crippen molar-refractivity contribution in [2.45, 2.75) is 10.9 Å². The molecule has 0 bridgehead atoms. The Morgan fingerprint density at radius 2 is 1.72 bits per heavy atom. The van der Waals surface area contributed by atoms with Gasteiger partial charge < -0.3 is 5.32 Å². The molecule has 2 atom stereocenters.